The number of hydrogen-bond donors (Lipinski definition) is 2. The van der Waals surface area contributed by atoms with E-state index in [9.17, 15) is 8.42 Å². The fourth-order valence-electron chi connectivity index (χ4n) is 2.71. The molecule has 0 aromatic carbocycles. The van der Waals surface area contributed by atoms with Crippen LogP contribution in [0, 0.1) is 17.8 Å². The van der Waals surface area contributed by atoms with Crippen LogP contribution in [-0.4, -0.2) is 32.4 Å². The lowest BCUT2D eigenvalue weighted by Gasteiger charge is -2.13. The molecule has 76 valence electrons. The summed E-state index contributed by atoms with van der Waals surface area (Å²) >= 11 is 0. The summed E-state index contributed by atoms with van der Waals surface area (Å²) in [7, 11) is -3.08. The van der Waals surface area contributed by atoms with Crippen LogP contribution >= 0.6 is 0 Å². The summed E-state index contributed by atoms with van der Waals surface area (Å²) in [4.78, 5) is 0. The predicted octanol–water partition coefficient (Wildman–Crippen LogP) is -0.448. The Morgan fingerprint density at radius 2 is 2.15 bits per heavy atom. The van der Waals surface area contributed by atoms with E-state index in [1.807, 2.05) is 0 Å². The van der Waals surface area contributed by atoms with Crippen molar-refractivity contribution in [1.82, 2.24) is 4.72 Å². The van der Waals surface area contributed by atoms with Crippen LogP contribution in [0.15, 0.2) is 0 Å². The number of fused-ring (bicyclic) bond motifs is 1. The number of sulfonamides is 1. The molecule has 2 saturated carbocycles. The maximum absolute atomic E-state index is 11.0. The molecule has 0 spiro atoms. The molecule has 2 aliphatic carbocycles. The van der Waals surface area contributed by atoms with Crippen LogP contribution in [0.25, 0.3) is 0 Å². The molecule has 0 saturated heterocycles. The average molecular weight is 205 g/mol. The molecule has 2 N–H and O–H groups in total. The standard InChI is InChI=1S/C8H15NO3S/c1-13(11,12)9-7-3-2-5-6(4-10)8(5)7/h5-10H,2-4H2,1H3/t5-,6+,7?,8-/m0/s1. The van der Waals surface area contributed by atoms with Gasteiger partial charge >= 0.3 is 0 Å². The van der Waals surface area contributed by atoms with Crippen molar-refractivity contribution in [2.24, 2.45) is 17.8 Å². The highest BCUT2D eigenvalue weighted by Crippen LogP contribution is 2.57. The molecule has 0 bridgehead atoms. The lowest BCUT2D eigenvalue weighted by Crippen LogP contribution is -2.34. The van der Waals surface area contributed by atoms with Crippen LogP contribution in [-0.2, 0) is 10.0 Å². The van der Waals surface area contributed by atoms with Crippen molar-refractivity contribution in [3.63, 3.8) is 0 Å². The van der Waals surface area contributed by atoms with Gasteiger partial charge in [0, 0.05) is 12.6 Å². The van der Waals surface area contributed by atoms with Gasteiger partial charge in [-0.2, -0.15) is 0 Å². The maximum atomic E-state index is 11.0. The molecule has 0 heterocycles. The third kappa shape index (κ3) is 1.73. The number of hydrogen-bond acceptors (Lipinski definition) is 3. The van der Waals surface area contributed by atoms with Gasteiger partial charge < -0.3 is 5.11 Å². The first-order chi connectivity index (χ1) is 6.03. The Hall–Kier alpha value is -0.130. The van der Waals surface area contributed by atoms with E-state index in [1.54, 1.807) is 0 Å². The molecule has 2 fully saturated rings. The van der Waals surface area contributed by atoms with Crippen molar-refractivity contribution in [2.45, 2.75) is 18.9 Å². The molecule has 2 rings (SSSR count). The SMILES string of the molecule is CS(=O)(=O)NC1CC[C@H]2[C@@H](CO)[C@@H]12. The van der Waals surface area contributed by atoms with Crippen LogP contribution in [0.5, 0.6) is 0 Å². The van der Waals surface area contributed by atoms with Crippen molar-refractivity contribution in [3.8, 4) is 0 Å². The van der Waals surface area contributed by atoms with E-state index in [2.05, 4.69) is 4.72 Å². The lowest BCUT2D eigenvalue weighted by molar-refractivity contribution is 0.251. The van der Waals surface area contributed by atoms with Gasteiger partial charge in [-0.3, -0.25) is 0 Å². The lowest BCUT2D eigenvalue weighted by atomic mass is 10.1. The van der Waals surface area contributed by atoms with Crippen molar-refractivity contribution in [2.75, 3.05) is 12.9 Å². The second kappa shape index (κ2) is 2.93. The van der Waals surface area contributed by atoms with Gasteiger partial charge in [0.2, 0.25) is 10.0 Å². The summed E-state index contributed by atoms with van der Waals surface area (Å²) in [6.07, 6.45) is 3.18. The predicted molar refractivity (Wildman–Crippen MR) is 48.6 cm³/mol. The molecule has 2 aliphatic rings. The smallest absolute Gasteiger partial charge is 0.208 e. The first-order valence-electron chi connectivity index (χ1n) is 4.61. The largest absolute Gasteiger partial charge is 0.396 e. The molecule has 13 heavy (non-hydrogen) atoms. The molecule has 0 aromatic heterocycles. The molecule has 4 nitrogen and oxygen atoms in total. The summed E-state index contributed by atoms with van der Waals surface area (Å²) in [6.45, 7) is 0.206. The van der Waals surface area contributed by atoms with Gasteiger partial charge in [-0.25, -0.2) is 13.1 Å². The minimum Gasteiger partial charge on any atom is -0.396 e. The minimum absolute atomic E-state index is 0.0807. The van der Waals surface area contributed by atoms with Crippen molar-refractivity contribution >= 4 is 10.0 Å². The highest BCUT2D eigenvalue weighted by Gasteiger charge is 2.57. The summed E-state index contributed by atoms with van der Waals surface area (Å²) in [6, 6.07) is 0.0807. The van der Waals surface area contributed by atoms with Crippen LogP contribution in [0.1, 0.15) is 12.8 Å². The van der Waals surface area contributed by atoms with Gasteiger partial charge in [0.05, 0.1) is 6.26 Å². The molecular formula is C8H15NO3S. The highest BCUT2D eigenvalue weighted by molar-refractivity contribution is 7.88. The summed E-state index contributed by atoms with van der Waals surface area (Å²) in [5.41, 5.74) is 0. The molecule has 4 atom stereocenters. The van der Waals surface area contributed by atoms with E-state index in [4.69, 9.17) is 5.11 Å². The zero-order valence-electron chi connectivity index (χ0n) is 7.60. The first-order valence-corrected chi connectivity index (χ1v) is 6.50. The molecule has 1 unspecified atom stereocenters. The van der Waals surface area contributed by atoms with Crippen LogP contribution in [0.3, 0.4) is 0 Å². The third-order valence-electron chi connectivity index (χ3n) is 3.25. The Bertz CT molecular complexity index is 297. The first kappa shape index (κ1) is 9.43. The third-order valence-corrected chi connectivity index (χ3v) is 3.98. The van der Waals surface area contributed by atoms with Crippen LogP contribution < -0.4 is 4.72 Å². The second-order valence-corrected chi connectivity index (χ2v) is 5.94. The monoisotopic (exact) mass is 205 g/mol. The van der Waals surface area contributed by atoms with Crippen molar-refractivity contribution in [3.05, 3.63) is 0 Å². The zero-order chi connectivity index (χ0) is 9.64. The van der Waals surface area contributed by atoms with E-state index in [-0.39, 0.29) is 12.6 Å². The zero-order valence-corrected chi connectivity index (χ0v) is 8.42. The maximum Gasteiger partial charge on any atom is 0.208 e. The second-order valence-electron chi connectivity index (χ2n) is 4.16. The fraction of sp³-hybridized carbons (Fsp3) is 1.00. The minimum atomic E-state index is -3.08. The van der Waals surface area contributed by atoms with Crippen molar-refractivity contribution < 1.29 is 13.5 Å². The molecule has 5 heteroatoms. The fourth-order valence-corrected chi connectivity index (χ4v) is 3.54. The van der Waals surface area contributed by atoms with Crippen LogP contribution in [0.2, 0.25) is 0 Å². The van der Waals surface area contributed by atoms with E-state index >= 15 is 0 Å². The molecule has 0 radical (unpaired) electrons. The summed E-state index contributed by atoms with van der Waals surface area (Å²) < 4.78 is 24.6. The van der Waals surface area contributed by atoms with Gasteiger partial charge in [0.25, 0.3) is 0 Å². The van der Waals surface area contributed by atoms with Gasteiger partial charge in [-0.05, 0) is 30.6 Å². The number of nitrogens with one attached hydrogen (secondary N) is 1. The number of rotatable bonds is 3. The number of aliphatic hydroxyl groups excluding tert-OH is 1. The van der Waals surface area contributed by atoms with E-state index in [0.717, 1.165) is 12.8 Å². The Morgan fingerprint density at radius 1 is 1.46 bits per heavy atom. The van der Waals surface area contributed by atoms with Crippen molar-refractivity contribution in [1.29, 1.82) is 0 Å². The van der Waals surface area contributed by atoms with E-state index in [0.29, 0.717) is 17.8 Å². The quantitative estimate of drug-likeness (QED) is 0.656. The summed E-state index contributed by atoms with van der Waals surface area (Å²) in [5, 5.41) is 8.95. The van der Waals surface area contributed by atoms with Crippen LogP contribution in [0.4, 0.5) is 0 Å². The molecule has 0 aliphatic heterocycles. The van der Waals surface area contributed by atoms with Gasteiger partial charge in [-0.15, -0.1) is 0 Å². The summed E-state index contributed by atoms with van der Waals surface area (Å²) in [5.74, 6) is 1.33. The molecule has 0 amide bonds. The van der Waals surface area contributed by atoms with Gasteiger partial charge in [0.15, 0.2) is 0 Å². The number of aliphatic hydroxyl groups is 1. The van der Waals surface area contributed by atoms with Gasteiger partial charge in [-0.1, -0.05) is 0 Å². The van der Waals surface area contributed by atoms with E-state index in [1.165, 1.54) is 6.26 Å². The Balaban J connectivity index is 1.96. The normalized spacial score (nSPS) is 43.2. The van der Waals surface area contributed by atoms with E-state index < -0.39 is 10.0 Å². The highest BCUT2D eigenvalue weighted by atomic mass is 32.2. The molecule has 0 aromatic rings. The Kier molecular flexibility index (Phi) is 2.13. The Labute approximate surface area is 78.4 Å². The van der Waals surface area contributed by atoms with Gasteiger partial charge in [0.1, 0.15) is 0 Å². The molecular weight excluding hydrogens is 190 g/mol. The topological polar surface area (TPSA) is 66.4 Å². The average Bonchev–Trinajstić information content (AvgIpc) is 2.57. The Morgan fingerprint density at radius 3 is 2.62 bits per heavy atom.